The lowest BCUT2D eigenvalue weighted by Crippen LogP contribution is -2.09. The number of nitro groups is 1. The molecule has 0 aromatic carbocycles. The molecule has 0 amide bonds. The fourth-order valence-electron chi connectivity index (χ4n) is 1.41. The predicted octanol–water partition coefficient (Wildman–Crippen LogP) is 1.77. The average molecular weight is 261 g/mol. The van der Waals surface area contributed by atoms with Gasteiger partial charge in [0.25, 0.3) is 5.69 Å². The van der Waals surface area contributed by atoms with Crippen LogP contribution in [0.2, 0.25) is 0 Å². The smallest absolute Gasteiger partial charge is 0.278 e. The van der Waals surface area contributed by atoms with Crippen molar-refractivity contribution in [2.75, 3.05) is 5.43 Å². The fraction of sp³-hybridized carbons (Fsp3) is 0.0909. The van der Waals surface area contributed by atoms with Gasteiger partial charge in [-0.3, -0.25) is 15.1 Å². The number of nitrogen functional groups attached to an aromatic ring is 1. The molecule has 98 valence electrons. The van der Waals surface area contributed by atoms with Crippen molar-refractivity contribution in [3.8, 4) is 11.6 Å². The van der Waals surface area contributed by atoms with Crippen molar-refractivity contribution < 1.29 is 9.66 Å². The predicted molar refractivity (Wildman–Crippen MR) is 67.7 cm³/mol. The standard InChI is InChI=1S/C11H11N5O3/c1-7-9(3-2-4-13-7)19-11-6-8(16(17)18)5-10(14-11)15-12/h2-6H,12H2,1H3,(H,14,15). The third-order valence-electron chi connectivity index (χ3n) is 2.32. The van der Waals surface area contributed by atoms with Crippen molar-refractivity contribution in [1.29, 1.82) is 0 Å². The highest BCUT2D eigenvalue weighted by Gasteiger charge is 2.13. The maximum Gasteiger partial charge on any atom is 0.278 e. The van der Waals surface area contributed by atoms with Gasteiger partial charge in [0.05, 0.1) is 22.7 Å². The molecule has 0 aliphatic rings. The number of nitrogens with two attached hydrogens (primary N) is 1. The summed E-state index contributed by atoms with van der Waals surface area (Å²) in [5, 5.41) is 10.8. The van der Waals surface area contributed by atoms with Crippen LogP contribution in [0.4, 0.5) is 11.5 Å². The van der Waals surface area contributed by atoms with Crippen LogP contribution in [-0.2, 0) is 0 Å². The van der Waals surface area contributed by atoms with Gasteiger partial charge in [-0.05, 0) is 19.1 Å². The number of pyridine rings is 2. The Morgan fingerprint density at radius 2 is 2.26 bits per heavy atom. The van der Waals surface area contributed by atoms with E-state index in [1.807, 2.05) is 0 Å². The molecule has 0 fully saturated rings. The number of ether oxygens (including phenoxy) is 1. The van der Waals surface area contributed by atoms with E-state index in [1.165, 1.54) is 12.1 Å². The zero-order valence-corrected chi connectivity index (χ0v) is 10.0. The minimum Gasteiger partial charge on any atom is -0.437 e. The number of hydrazine groups is 1. The lowest BCUT2D eigenvalue weighted by Gasteiger charge is -2.08. The van der Waals surface area contributed by atoms with Crippen LogP contribution in [-0.4, -0.2) is 14.9 Å². The second-order valence-corrected chi connectivity index (χ2v) is 3.64. The Bertz CT molecular complexity index is 617. The highest BCUT2D eigenvalue weighted by atomic mass is 16.6. The van der Waals surface area contributed by atoms with Crippen molar-refractivity contribution in [1.82, 2.24) is 9.97 Å². The molecule has 2 rings (SSSR count). The molecule has 2 heterocycles. The summed E-state index contributed by atoms with van der Waals surface area (Å²) in [6.07, 6.45) is 1.62. The summed E-state index contributed by atoms with van der Waals surface area (Å²) in [4.78, 5) is 18.3. The lowest BCUT2D eigenvalue weighted by atomic mass is 10.3. The van der Waals surface area contributed by atoms with E-state index < -0.39 is 4.92 Å². The first-order chi connectivity index (χ1) is 9.10. The molecule has 2 aromatic heterocycles. The SMILES string of the molecule is Cc1ncccc1Oc1cc([N+](=O)[O-])cc(NN)n1. The molecular formula is C11H11N5O3. The summed E-state index contributed by atoms with van der Waals surface area (Å²) in [6, 6.07) is 5.82. The summed E-state index contributed by atoms with van der Waals surface area (Å²) in [5.41, 5.74) is 2.74. The van der Waals surface area contributed by atoms with Gasteiger partial charge in [0.1, 0.15) is 0 Å². The summed E-state index contributed by atoms with van der Waals surface area (Å²) in [7, 11) is 0. The Balaban J connectivity index is 2.37. The van der Waals surface area contributed by atoms with Gasteiger partial charge in [-0.2, -0.15) is 4.98 Å². The van der Waals surface area contributed by atoms with Crippen molar-refractivity contribution in [2.24, 2.45) is 5.84 Å². The van der Waals surface area contributed by atoms with Crippen LogP contribution >= 0.6 is 0 Å². The van der Waals surface area contributed by atoms with Gasteiger partial charge < -0.3 is 10.2 Å². The van der Waals surface area contributed by atoms with Crippen LogP contribution in [0.15, 0.2) is 30.5 Å². The van der Waals surface area contributed by atoms with Gasteiger partial charge >= 0.3 is 0 Å². The van der Waals surface area contributed by atoms with E-state index in [0.717, 1.165) is 0 Å². The van der Waals surface area contributed by atoms with E-state index in [0.29, 0.717) is 11.4 Å². The van der Waals surface area contributed by atoms with Crippen LogP contribution < -0.4 is 16.0 Å². The first kappa shape index (κ1) is 12.7. The lowest BCUT2D eigenvalue weighted by molar-refractivity contribution is -0.384. The zero-order valence-electron chi connectivity index (χ0n) is 10.0. The van der Waals surface area contributed by atoms with Gasteiger partial charge in [-0.15, -0.1) is 0 Å². The van der Waals surface area contributed by atoms with Crippen molar-refractivity contribution >= 4 is 11.5 Å². The number of rotatable bonds is 4. The number of nitrogens with one attached hydrogen (secondary N) is 1. The summed E-state index contributed by atoms with van der Waals surface area (Å²) >= 11 is 0. The first-order valence-electron chi connectivity index (χ1n) is 5.32. The largest absolute Gasteiger partial charge is 0.437 e. The summed E-state index contributed by atoms with van der Waals surface area (Å²) in [6.45, 7) is 1.76. The van der Waals surface area contributed by atoms with Gasteiger partial charge in [-0.1, -0.05) is 0 Å². The topological polar surface area (TPSA) is 116 Å². The van der Waals surface area contributed by atoms with E-state index in [-0.39, 0.29) is 17.4 Å². The highest BCUT2D eigenvalue weighted by Crippen LogP contribution is 2.27. The van der Waals surface area contributed by atoms with Crippen LogP contribution in [0.1, 0.15) is 5.69 Å². The molecule has 0 aliphatic carbocycles. The maximum atomic E-state index is 10.8. The van der Waals surface area contributed by atoms with Gasteiger partial charge in [0.2, 0.25) is 5.88 Å². The molecule has 0 atom stereocenters. The number of anilines is 1. The maximum absolute atomic E-state index is 10.8. The Morgan fingerprint density at radius 3 is 2.89 bits per heavy atom. The minimum absolute atomic E-state index is 0.0678. The fourth-order valence-corrected chi connectivity index (χ4v) is 1.41. The van der Waals surface area contributed by atoms with Gasteiger partial charge in [0, 0.05) is 6.20 Å². The molecular weight excluding hydrogens is 250 g/mol. The molecule has 0 bridgehead atoms. The third-order valence-corrected chi connectivity index (χ3v) is 2.32. The van der Waals surface area contributed by atoms with Crippen molar-refractivity contribution in [3.05, 3.63) is 46.3 Å². The molecule has 3 N–H and O–H groups in total. The van der Waals surface area contributed by atoms with Crippen molar-refractivity contribution in [2.45, 2.75) is 6.92 Å². The number of aryl methyl sites for hydroxylation is 1. The monoisotopic (exact) mass is 261 g/mol. The van der Waals surface area contributed by atoms with E-state index in [1.54, 1.807) is 25.3 Å². The Hall–Kier alpha value is -2.74. The average Bonchev–Trinajstić information content (AvgIpc) is 2.41. The minimum atomic E-state index is -0.550. The highest BCUT2D eigenvalue weighted by molar-refractivity contribution is 5.48. The molecule has 8 heteroatoms. The molecule has 2 aromatic rings. The molecule has 0 radical (unpaired) electrons. The number of nitrogens with zero attached hydrogens (tertiary/aromatic N) is 3. The summed E-state index contributed by atoms with van der Waals surface area (Å²) < 4.78 is 5.47. The van der Waals surface area contributed by atoms with Crippen LogP contribution in [0.3, 0.4) is 0 Å². The number of aromatic nitrogens is 2. The first-order valence-corrected chi connectivity index (χ1v) is 5.32. The molecule has 8 nitrogen and oxygen atoms in total. The Morgan fingerprint density at radius 1 is 1.47 bits per heavy atom. The molecule has 0 saturated carbocycles. The summed E-state index contributed by atoms with van der Waals surface area (Å²) in [5.74, 6) is 5.89. The Kier molecular flexibility index (Phi) is 3.53. The van der Waals surface area contributed by atoms with Gasteiger partial charge in [-0.25, -0.2) is 5.84 Å². The van der Waals surface area contributed by atoms with E-state index in [2.05, 4.69) is 15.4 Å². The second-order valence-electron chi connectivity index (χ2n) is 3.64. The molecule has 0 saturated heterocycles. The zero-order chi connectivity index (χ0) is 13.8. The molecule has 0 aliphatic heterocycles. The molecule has 19 heavy (non-hydrogen) atoms. The van der Waals surface area contributed by atoms with Gasteiger partial charge in [0.15, 0.2) is 11.6 Å². The van der Waals surface area contributed by atoms with E-state index in [4.69, 9.17) is 10.6 Å². The quantitative estimate of drug-likeness (QED) is 0.489. The van der Waals surface area contributed by atoms with E-state index in [9.17, 15) is 10.1 Å². The van der Waals surface area contributed by atoms with Crippen LogP contribution in [0.5, 0.6) is 11.6 Å². The number of hydrogen-bond acceptors (Lipinski definition) is 7. The van der Waals surface area contributed by atoms with Crippen molar-refractivity contribution in [3.63, 3.8) is 0 Å². The Labute approximate surface area is 108 Å². The molecule has 0 unspecified atom stereocenters. The normalized spacial score (nSPS) is 10.0. The molecule has 0 spiro atoms. The van der Waals surface area contributed by atoms with Crippen LogP contribution in [0.25, 0.3) is 0 Å². The van der Waals surface area contributed by atoms with E-state index >= 15 is 0 Å². The third kappa shape index (κ3) is 2.93. The van der Waals surface area contributed by atoms with Crippen LogP contribution in [0, 0.1) is 17.0 Å². The second kappa shape index (κ2) is 5.27. The number of hydrogen-bond donors (Lipinski definition) is 2.